The number of carbonyl (C=O) groups is 1. The third-order valence-corrected chi connectivity index (χ3v) is 5.48. The van der Waals surface area contributed by atoms with Gasteiger partial charge in [-0.05, 0) is 56.3 Å². The van der Waals surface area contributed by atoms with Crippen molar-refractivity contribution in [3.63, 3.8) is 0 Å². The summed E-state index contributed by atoms with van der Waals surface area (Å²) in [6, 6.07) is 13.1. The molecule has 0 spiro atoms. The van der Waals surface area contributed by atoms with E-state index < -0.39 is 0 Å². The lowest BCUT2D eigenvalue weighted by molar-refractivity contribution is 0.0932. The SMILES string of the molecule is CNCCCc1ccc(Nc2ncc3c(n2)OCN(c2c(Cl)cccc2Cl)C3=O)cc1. The fraction of sp³-hybridized carbons (Fsp3) is 0.227. The van der Waals surface area contributed by atoms with Gasteiger partial charge < -0.3 is 15.4 Å². The molecule has 7 nitrogen and oxygen atoms in total. The van der Waals surface area contributed by atoms with Crippen LogP contribution in [0.15, 0.2) is 48.7 Å². The van der Waals surface area contributed by atoms with Crippen LogP contribution in [0.3, 0.4) is 0 Å². The third-order valence-electron chi connectivity index (χ3n) is 4.87. The van der Waals surface area contributed by atoms with Gasteiger partial charge in [-0.1, -0.05) is 41.4 Å². The number of hydrogen-bond donors (Lipinski definition) is 2. The zero-order valence-corrected chi connectivity index (χ0v) is 18.4. The van der Waals surface area contributed by atoms with Crippen molar-refractivity contribution in [3.05, 3.63) is 69.8 Å². The first-order valence-electron chi connectivity index (χ1n) is 9.83. The minimum atomic E-state index is -0.325. The van der Waals surface area contributed by atoms with Crippen LogP contribution >= 0.6 is 23.2 Å². The van der Waals surface area contributed by atoms with Gasteiger partial charge in [-0.3, -0.25) is 9.69 Å². The quantitative estimate of drug-likeness (QED) is 0.501. The highest BCUT2D eigenvalue weighted by molar-refractivity contribution is 6.40. The number of anilines is 3. The maximum atomic E-state index is 13.0. The molecule has 1 aliphatic heterocycles. The van der Waals surface area contributed by atoms with Gasteiger partial charge in [0.25, 0.3) is 5.91 Å². The summed E-state index contributed by atoms with van der Waals surface area (Å²) >= 11 is 12.5. The second-order valence-corrected chi connectivity index (χ2v) is 7.83. The number of aryl methyl sites for hydroxylation is 1. The zero-order valence-electron chi connectivity index (χ0n) is 16.9. The molecule has 0 bridgehead atoms. The molecular formula is C22H21Cl2N5O2. The van der Waals surface area contributed by atoms with Crippen LogP contribution in [0.1, 0.15) is 22.3 Å². The summed E-state index contributed by atoms with van der Waals surface area (Å²) in [4.78, 5) is 23.0. The second kappa shape index (κ2) is 9.51. The highest BCUT2D eigenvalue weighted by Crippen LogP contribution is 2.37. The van der Waals surface area contributed by atoms with Gasteiger partial charge in [0.05, 0.1) is 15.7 Å². The summed E-state index contributed by atoms with van der Waals surface area (Å²) in [5.41, 5.74) is 2.76. The number of carbonyl (C=O) groups excluding carboxylic acids is 1. The highest BCUT2D eigenvalue weighted by Gasteiger charge is 2.31. The number of aromatic nitrogens is 2. The Hall–Kier alpha value is -2.87. The molecule has 1 aromatic heterocycles. The van der Waals surface area contributed by atoms with E-state index in [-0.39, 0.29) is 24.1 Å². The van der Waals surface area contributed by atoms with Gasteiger partial charge in [0.2, 0.25) is 11.8 Å². The second-order valence-electron chi connectivity index (χ2n) is 7.02. The van der Waals surface area contributed by atoms with E-state index in [0.29, 0.717) is 21.7 Å². The molecule has 0 aliphatic carbocycles. The van der Waals surface area contributed by atoms with Crippen molar-refractivity contribution < 1.29 is 9.53 Å². The molecule has 0 radical (unpaired) electrons. The van der Waals surface area contributed by atoms with Crippen LogP contribution in [0.5, 0.6) is 5.88 Å². The van der Waals surface area contributed by atoms with Crippen molar-refractivity contribution in [1.82, 2.24) is 15.3 Å². The summed E-state index contributed by atoms with van der Waals surface area (Å²) in [7, 11) is 1.95. The van der Waals surface area contributed by atoms with Gasteiger partial charge in [-0.15, -0.1) is 0 Å². The van der Waals surface area contributed by atoms with E-state index in [1.807, 2.05) is 19.2 Å². The van der Waals surface area contributed by atoms with Crippen molar-refractivity contribution in [2.75, 3.05) is 30.5 Å². The van der Waals surface area contributed by atoms with Crippen LogP contribution in [-0.4, -0.2) is 36.2 Å². The molecule has 2 aromatic carbocycles. The first-order chi connectivity index (χ1) is 15.1. The fourth-order valence-electron chi connectivity index (χ4n) is 3.28. The number of halogens is 2. The van der Waals surface area contributed by atoms with Crippen LogP contribution in [0, 0.1) is 0 Å². The molecule has 9 heteroatoms. The lowest BCUT2D eigenvalue weighted by atomic mass is 10.1. The van der Waals surface area contributed by atoms with E-state index in [9.17, 15) is 4.79 Å². The average molecular weight is 458 g/mol. The monoisotopic (exact) mass is 457 g/mol. The topological polar surface area (TPSA) is 79.4 Å². The molecule has 0 atom stereocenters. The Labute approximate surface area is 190 Å². The van der Waals surface area contributed by atoms with Gasteiger partial charge in [0.15, 0.2) is 6.73 Å². The number of rotatable bonds is 7. The third kappa shape index (κ3) is 4.74. The van der Waals surface area contributed by atoms with E-state index in [0.717, 1.165) is 25.1 Å². The van der Waals surface area contributed by atoms with E-state index in [1.165, 1.54) is 16.7 Å². The number of fused-ring (bicyclic) bond motifs is 1. The molecule has 0 unspecified atom stereocenters. The van der Waals surface area contributed by atoms with Crippen molar-refractivity contribution in [2.45, 2.75) is 12.8 Å². The van der Waals surface area contributed by atoms with Gasteiger partial charge in [-0.2, -0.15) is 4.98 Å². The van der Waals surface area contributed by atoms with E-state index in [2.05, 4.69) is 32.7 Å². The molecule has 0 fully saturated rings. The molecule has 1 amide bonds. The maximum absolute atomic E-state index is 13.0. The summed E-state index contributed by atoms with van der Waals surface area (Å²) < 4.78 is 5.71. The number of benzene rings is 2. The molecule has 2 N–H and O–H groups in total. The Morgan fingerprint density at radius 3 is 2.58 bits per heavy atom. The smallest absolute Gasteiger partial charge is 0.268 e. The molecule has 31 heavy (non-hydrogen) atoms. The number of amides is 1. The van der Waals surface area contributed by atoms with Crippen LogP contribution in [0.25, 0.3) is 0 Å². The van der Waals surface area contributed by atoms with Crippen molar-refractivity contribution in [3.8, 4) is 5.88 Å². The summed E-state index contributed by atoms with van der Waals surface area (Å²) in [5.74, 6) is 0.234. The Morgan fingerprint density at radius 1 is 1.13 bits per heavy atom. The minimum Gasteiger partial charge on any atom is -0.455 e. The lowest BCUT2D eigenvalue weighted by Crippen LogP contribution is -2.39. The molecule has 2 heterocycles. The fourth-order valence-corrected chi connectivity index (χ4v) is 3.88. The first-order valence-corrected chi connectivity index (χ1v) is 10.6. The van der Waals surface area contributed by atoms with Crippen LogP contribution in [0.2, 0.25) is 10.0 Å². The van der Waals surface area contributed by atoms with E-state index in [4.69, 9.17) is 27.9 Å². The van der Waals surface area contributed by atoms with Crippen molar-refractivity contribution in [2.24, 2.45) is 0 Å². The molecule has 4 rings (SSSR count). The number of nitrogens with one attached hydrogen (secondary N) is 2. The predicted octanol–water partition coefficient (Wildman–Crippen LogP) is 4.68. The van der Waals surface area contributed by atoms with Gasteiger partial charge in [0, 0.05) is 11.9 Å². The normalized spacial score (nSPS) is 13.0. The molecule has 3 aromatic rings. The van der Waals surface area contributed by atoms with Gasteiger partial charge in [-0.25, -0.2) is 4.98 Å². The molecule has 160 valence electrons. The Morgan fingerprint density at radius 2 is 1.87 bits per heavy atom. The minimum absolute atomic E-state index is 0.0486. The number of ether oxygens (including phenoxy) is 1. The molecule has 0 saturated carbocycles. The maximum Gasteiger partial charge on any atom is 0.268 e. The number of para-hydroxylation sites is 1. The first kappa shape index (κ1) is 21.4. The number of nitrogens with zero attached hydrogens (tertiary/aromatic N) is 3. The zero-order chi connectivity index (χ0) is 21.8. The van der Waals surface area contributed by atoms with Crippen molar-refractivity contribution in [1.29, 1.82) is 0 Å². The summed E-state index contributed by atoms with van der Waals surface area (Å²) in [6.45, 7) is 0.939. The number of hydrogen-bond acceptors (Lipinski definition) is 6. The molecule has 1 aliphatic rings. The lowest BCUT2D eigenvalue weighted by Gasteiger charge is -2.29. The average Bonchev–Trinajstić information content (AvgIpc) is 2.76. The summed E-state index contributed by atoms with van der Waals surface area (Å²) in [6.07, 6.45) is 3.54. The Kier molecular flexibility index (Phi) is 6.56. The van der Waals surface area contributed by atoms with Gasteiger partial charge >= 0.3 is 0 Å². The van der Waals surface area contributed by atoms with Gasteiger partial charge in [0.1, 0.15) is 5.56 Å². The Bertz CT molecular complexity index is 1070. The van der Waals surface area contributed by atoms with Crippen LogP contribution in [0.4, 0.5) is 17.3 Å². The van der Waals surface area contributed by atoms with Crippen molar-refractivity contribution >= 4 is 46.4 Å². The van der Waals surface area contributed by atoms with E-state index >= 15 is 0 Å². The van der Waals surface area contributed by atoms with Crippen LogP contribution in [-0.2, 0) is 6.42 Å². The predicted molar refractivity (Wildman–Crippen MR) is 123 cm³/mol. The van der Waals surface area contributed by atoms with E-state index in [1.54, 1.807) is 18.2 Å². The summed E-state index contributed by atoms with van der Waals surface area (Å²) in [5, 5.41) is 7.01. The largest absolute Gasteiger partial charge is 0.455 e. The Balaban J connectivity index is 1.48. The van der Waals surface area contributed by atoms with Crippen LogP contribution < -0.4 is 20.3 Å². The highest BCUT2D eigenvalue weighted by atomic mass is 35.5. The standard InChI is InChI=1S/C22H21Cl2N5O2/c1-25-11-3-4-14-7-9-15(10-8-14)27-22-26-12-16-20(28-22)31-13-29(21(16)30)19-17(23)5-2-6-18(19)24/h2,5-10,12,25H,3-4,11,13H2,1H3,(H,26,27,28). The molecular weight excluding hydrogens is 437 g/mol. The molecule has 0 saturated heterocycles.